The van der Waals surface area contributed by atoms with Gasteiger partial charge in [0, 0.05) is 0 Å². The molecule has 18 heavy (non-hydrogen) atoms. The fourth-order valence-corrected chi connectivity index (χ4v) is 3.49. The van der Waals surface area contributed by atoms with Crippen molar-refractivity contribution in [2.75, 3.05) is 0 Å². The second-order valence-corrected chi connectivity index (χ2v) is 6.43. The molecule has 1 aromatic heterocycles. The van der Waals surface area contributed by atoms with E-state index in [1.807, 2.05) is 4.72 Å². The topological polar surface area (TPSA) is 127 Å². The van der Waals surface area contributed by atoms with E-state index in [-0.39, 0.29) is 9.09 Å². The number of nitrogens with zero attached hydrogens (tertiary/aromatic N) is 1. The number of carboxylic acids is 1. The zero-order chi connectivity index (χ0) is 13.9. The summed E-state index contributed by atoms with van der Waals surface area (Å²) in [6.45, 7) is 1.16. The predicted octanol–water partition coefficient (Wildman–Crippen LogP) is -0.268. The molecule has 0 spiro atoms. The van der Waals surface area contributed by atoms with E-state index < -0.39 is 28.1 Å². The van der Waals surface area contributed by atoms with E-state index in [0.29, 0.717) is 0 Å². The molecule has 0 radical (unpaired) electrons. The molecule has 7 nitrogen and oxygen atoms in total. The molecule has 0 amide bonds. The summed E-state index contributed by atoms with van der Waals surface area (Å²) in [6.07, 6.45) is -1.38. The summed E-state index contributed by atoms with van der Waals surface area (Å²) >= 11 is 0.719. The summed E-state index contributed by atoms with van der Waals surface area (Å²) < 4.78 is 25.3. The van der Waals surface area contributed by atoms with Crippen LogP contribution in [0.5, 0.6) is 0 Å². The Morgan fingerprint density at radius 3 is 2.56 bits per heavy atom. The van der Waals surface area contributed by atoms with Crippen molar-refractivity contribution in [2.24, 2.45) is 0 Å². The Kier molecular flexibility index (Phi) is 4.42. The van der Waals surface area contributed by atoms with Crippen molar-refractivity contribution >= 4 is 27.3 Å². The van der Waals surface area contributed by atoms with Gasteiger partial charge in [-0.05, 0) is 19.1 Å². The molecule has 9 heteroatoms. The minimum atomic E-state index is -4.06. The Labute approximate surface area is 107 Å². The van der Waals surface area contributed by atoms with Gasteiger partial charge < -0.3 is 10.2 Å². The molecule has 0 aliphatic heterocycles. The van der Waals surface area contributed by atoms with Crippen molar-refractivity contribution in [1.29, 1.82) is 5.26 Å². The van der Waals surface area contributed by atoms with Gasteiger partial charge in [-0.2, -0.15) is 9.98 Å². The molecule has 0 saturated carbocycles. The number of nitrogens with one attached hydrogen (secondary N) is 1. The highest BCUT2D eigenvalue weighted by molar-refractivity contribution is 7.91. The number of aliphatic hydroxyl groups excluding tert-OH is 1. The lowest BCUT2D eigenvalue weighted by atomic mass is 10.2. The largest absolute Gasteiger partial charge is 0.480 e. The maximum absolute atomic E-state index is 11.8. The number of hydrogen-bond acceptors (Lipinski definition) is 6. The molecule has 98 valence electrons. The Balaban J connectivity index is 3.01. The van der Waals surface area contributed by atoms with Gasteiger partial charge in [-0.3, -0.25) is 4.79 Å². The van der Waals surface area contributed by atoms with Gasteiger partial charge in [0.1, 0.15) is 21.2 Å². The first-order chi connectivity index (χ1) is 8.27. The van der Waals surface area contributed by atoms with E-state index >= 15 is 0 Å². The number of sulfonamides is 1. The molecule has 1 rings (SSSR count). The van der Waals surface area contributed by atoms with Crippen LogP contribution in [-0.4, -0.2) is 36.7 Å². The summed E-state index contributed by atoms with van der Waals surface area (Å²) in [5, 5.41) is 26.5. The van der Waals surface area contributed by atoms with Crippen molar-refractivity contribution < 1.29 is 23.4 Å². The fourth-order valence-electron chi connectivity index (χ4n) is 1.11. The van der Waals surface area contributed by atoms with Gasteiger partial charge in [-0.1, -0.05) is 0 Å². The smallest absolute Gasteiger partial charge is 0.324 e. The average molecular weight is 290 g/mol. The third kappa shape index (κ3) is 3.27. The van der Waals surface area contributed by atoms with E-state index in [1.54, 1.807) is 6.07 Å². The zero-order valence-corrected chi connectivity index (χ0v) is 10.8. The number of aliphatic hydroxyl groups is 1. The van der Waals surface area contributed by atoms with Crippen LogP contribution in [0.4, 0.5) is 0 Å². The first-order valence-corrected chi connectivity index (χ1v) is 7.01. The summed E-state index contributed by atoms with van der Waals surface area (Å²) in [7, 11) is -4.06. The normalized spacial score (nSPS) is 14.7. The van der Waals surface area contributed by atoms with Crippen LogP contribution in [0.1, 0.15) is 11.8 Å². The van der Waals surface area contributed by atoms with Gasteiger partial charge >= 0.3 is 5.97 Å². The molecule has 1 aromatic rings. The summed E-state index contributed by atoms with van der Waals surface area (Å²) in [6, 6.07) is 2.66. The zero-order valence-electron chi connectivity index (χ0n) is 9.19. The molecule has 0 bridgehead atoms. The van der Waals surface area contributed by atoms with Crippen LogP contribution in [0.2, 0.25) is 0 Å². The van der Waals surface area contributed by atoms with Gasteiger partial charge in [0.05, 0.1) is 6.10 Å². The Hall–Kier alpha value is -1.47. The quantitative estimate of drug-likeness (QED) is 0.685. The van der Waals surface area contributed by atoms with Crippen LogP contribution in [0, 0.1) is 11.3 Å². The van der Waals surface area contributed by atoms with Gasteiger partial charge in [-0.25, -0.2) is 8.42 Å². The van der Waals surface area contributed by atoms with Crippen LogP contribution >= 0.6 is 11.3 Å². The van der Waals surface area contributed by atoms with Gasteiger partial charge in [0.2, 0.25) is 0 Å². The highest BCUT2D eigenvalue weighted by Crippen LogP contribution is 2.21. The third-order valence-corrected chi connectivity index (χ3v) is 4.91. The molecule has 2 atom stereocenters. The number of nitriles is 1. The molecular weight excluding hydrogens is 280 g/mol. The summed E-state index contributed by atoms with van der Waals surface area (Å²) in [5.41, 5.74) is 0. The van der Waals surface area contributed by atoms with E-state index in [4.69, 9.17) is 10.4 Å². The monoisotopic (exact) mass is 290 g/mol. The Bertz CT molecular complexity index is 584. The number of rotatable bonds is 5. The van der Waals surface area contributed by atoms with Crippen molar-refractivity contribution in [1.82, 2.24) is 4.72 Å². The average Bonchev–Trinajstić information content (AvgIpc) is 2.74. The first-order valence-electron chi connectivity index (χ1n) is 4.71. The Morgan fingerprint density at radius 2 is 2.17 bits per heavy atom. The lowest BCUT2D eigenvalue weighted by Crippen LogP contribution is -2.47. The van der Waals surface area contributed by atoms with Crippen LogP contribution in [0.3, 0.4) is 0 Å². The summed E-state index contributed by atoms with van der Waals surface area (Å²) in [5.74, 6) is -1.48. The minimum Gasteiger partial charge on any atom is -0.480 e. The maximum Gasteiger partial charge on any atom is 0.324 e. The molecule has 0 aliphatic carbocycles. The Morgan fingerprint density at radius 1 is 1.56 bits per heavy atom. The van der Waals surface area contributed by atoms with Crippen LogP contribution in [0.15, 0.2) is 16.3 Å². The van der Waals surface area contributed by atoms with E-state index in [0.717, 1.165) is 18.3 Å². The standard InChI is InChI=1S/C9H10N2O5S2/c1-5(12)8(9(13)14)11-18(15,16)7-3-2-6(4-10)17-7/h2-3,5,8,11-12H,1H3,(H,13,14). The second kappa shape index (κ2) is 5.45. The molecule has 0 fully saturated rings. The number of hydrogen-bond donors (Lipinski definition) is 3. The van der Waals surface area contributed by atoms with Gasteiger partial charge in [-0.15, -0.1) is 11.3 Å². The van der Waals surface area contributed by atoms with Gasteiger partial charge in [0.25, 0.3) is 10.0 Å². The van der Waals surface area contributed by atoms with E-state index in [9.17, 15) is 18.3 Å². The van der Waals surface area contributed by atoms with Gasteiger partial charge in [0.15, 0.2) is 0 Å². The fraction of sp³-hybridized carbons (Fsp3) is 0.333. The molecule has 0 aromatic carbocycles. The molecule has 0 saturated heterocycles. The van der Waals surface area contributed by atoms with Crippen molar-refractivity contribution in [3.05, 3.63) is 17.0 Å². The van der Waals surface area contributed by atoms with E-state index in [1.165, 1.54) is 12.1 Å². The highest BCUT2D eigenvalue weighted by Gasteiger charge is 2.30. The van der Waals surface area contributed by atoms with Crippen LogP contribution in [-0.2, 0) is 14.8 Å². The molecular formula is C9H10N2O5S2. The lowest BCUT2D eigenvalue weighted by molar-refractivity contribution is -0.141. The minimum absolute atomic E-state index is 0.175. The first kappa shape index (κ1) is 14.6. The maximum atomic E-state index is 11.8. The number of carboxylic acid groups (broad SMARTS) is 1. The van der Waals surface area contributed by atoms with Crippen molar-refractivity contribution in [3.63, 3.8) is 0 Å². The van der Waals surface area contributed by atoms with Crippen LogP contribution in [0.25, 0.3) is 0 Å². The van der Waals surface area contributed by atoms with Crippen molar-refractivity contribution in [2.45, 2.75) is 23.3 Å². The molecule has 0 aliphatic rings. The highest BCUT2D eigenvalue weighted by atomic mass is 32.2. The second-order valence-electron chi connectivity index (χ2n) is 3.41. The van der Waals surface area contributed by atoms with Crippen molar-refractivity contribution in [3.8, 4) is 6.07 Å². The predicted molar refractivity (Wildman–Crippen MR) is 62.5 cm³/mol. The number of thiophene rings is 1. The molecule has 3 N–H and O–H groups in total. The van der Waals surface area contributed by atoms with Crippen LogP contribution < -0.4 is 4.72 Å². The number of carbonyl (C=O) groups is 1. The number of aliphatic carboxylic acids is 1. The SMILES string of the molecule is CC(O)C(NS(=O)(=O)c1ccc(C#N)s1)C(=O)O. The molecule has 2 unspecified atom stereocenters. The molecule has 1 heterocycles. The lowest BCUT2D eigenvalue weighted by Gasteiger charge is -2.16. The third-order valence-electron chi connectivity index (χ3n) is 1.99. The van der Waals surface area contributed by atoms with E-state index in [2.05, 4.69) is 0 Å². The summed E-state index contributed by atoms with van der Waals surface area (Å²) in [4.78, 5) is 11.0.